The Labute approximate surface area is 95.1 Å². The third-order valence-electron chi connectivity index (χ3n) is 2.13. The molecule has 0 aromatic heterocycles. The van der Waals surface area contributed by atoms with Crippen LogP contribution in [0, 0.1) is 0 Å². The maximum absolute atomic E-state index is 10.6. The molecule has 0 aliphatic carbocycles. The maximum Gasteiger partial charge on any atom is 0.471 e. The largest absolute Gasteiger partial charge is 0.471 e. The third kappa shape index (κ3) is 4.63. The molecule has 2 N–H and O–H groups in total. The molecule has 16 heavy (non-hydrogen) atoms. The summed E-state index contributed by atoms with van der Waals surface area (Å²) in [5, 5.41) is 0. The normalized spacial score (nSPS) is 25.6. The molecule has 2 atom stereocenters. The Morgan fingerprint density at radius 2 is 2.12 bits per heavy atom. The molecule has 7 heteroatoms. The highest BCUT2D eigenvalue weighted by Crippen LogP contribution is 2.41. The topological polar surface area (TPSA) is 79.2 Å². The molecule has 0 spiro atoms. The van der Waals surface area contributed by atoms with Crippen LogP contribution in [0.15, 0.2) is 11.8 Å². The summed E-state index contributed by atoms with van der Waals surface area (Å²) in [5.74, 6) is 0. The number of ether oxygens (including phenoxy) is 1. The van der Waals surface area contributed by atoms with Crippen molar-refractivity contribution in [1.29, 1.82) is 0 Å². The Morgan fingerprint density at radius 1 is 1.50 bits per heavy atom. The molecule has 6 nitrogen and oxygen atoms in total. The zero-order valence-corrected chi connectivity index (χ0v) is 10.6. The van der Waals surface area contributed by atoms with Crippen LogP contribution in [-0.4, -0.2) is 34.3 Å². The average molecular weight is 251 g/mol. The maximum atomic E-state index is 10.6. The van der Waals surface area contributed by atoms with Crippen LogP contribution in [0.25, 0.3) is 0 Å². The summed E-state index contributed by atoms with van der Waals surface area (Å²) in [5.41, 5.74) is 1.13. The Bertz CT molecular complexity index is 309. The summed E-state index contributed by atoms with van der Waals surface area (Å²) in [6.07, 6.45) is 2.08. The molecular weight excluding hydrogens is 233 g/mol. The second-order valence-electron chi connectivity index (χ2n) is 4.07. The van der Waals surface area contributed by atoms with Crippen LogP contribution in [0.1, 0.15) is 26.7 Å². The van der Waals surface area contributed by atoms with E-state index in [1.54, 1.807) is 0 Å². The summed E-state index contributed by atoms with van der Waals surface area (Å²) in [7, 11) is -2.60. The lowest BCUT2D eigenvalue weighted by molar-refractivity contribution is -0.116. The Balaban J connectivity index is 2.46. The highest BCUT2D eigenvalue weighted by molar-refractivity contribution is 7.46. The number of allylic oxidation sites excluding steroid dienone is 1. The van der Waals surface area contributed by atoms with Gasteiger partial charge >= 0.3 is 7.82 Å². The standard InChI is InChI=1S/C9H18NO5P/c1-7(2)6-10(3)8-4-5-9(14-8)15-16(11,12)13/h6,8-9H,4-5H2,1-3H3,(H2,11,12,13). The van der Waals surface area contributed by atoms with Gasteiger partial charge < -0.3 is 19.4 Å². The second kappa shape index (κ2) is 5.29. The van der Waals surface area contributed by atoms with E-state index in [1.807, 2.05) is 32.0 Å². The van der Waals surface area contributed by atoms with Gasteiger partial charge in [-0.05, 0) is 26.5 Å². The quantitative estimate of drug-likeness (QED) is 0.735. The van der Waals surface area contributed by atoms with Crippen LogP contribution in [-0.2, 0) is 13.8 Å². The molecule has 1 saturated heterocycles. The Kier molecular flexibility index (Phi) is 4.52. The van der Waals surface area contributed by atoms with E-state index >= 15 is 0 Å². The van der Waals surface area contributed by atoms with Crippen molar-refractivity contribution in [3.8, 4) is 0 Å². The number of phosphoric acid groups is 1. The van der Waals surface area contributed by atoms with Gasteiger partial charge in [-0.3, -0.25) is 4.52 Å². The lowest BCUT2D eigenvalue weighted by Gasteiger charge is -2.23. The van der Waals surface area contributed by atoms with Gasteiger partial charge in [0, 0.05) is 13.5 Å². The van der Waals surface area contributed by atoms with E-state index < -0.39 is 14.1 Å². The molecule has 2 unspecified atom stereocenters. The second-order valence-corrected chi connectivity index (χ2v) is 5.26. The van der Waals surface area contributed by atoms with E-state index in [-0.39, 0.29) is 6.23 Å². The minimum Gasteiger partial charge on any atom is -0.355 e. The molecule has 0 bridgehead atoms. The van der Waals surface area contributed by atoms with Gasteiger partial charge in [0.2, 0.25) is 0 Å². The number of nitrogens with zero attached hydrogens (tertiary/aromatic N) is 1. The zero-order valence-electron chi connectivity index (χ0n) is 9.66. The van der Waals surface area contributed by atoms with Crippen molar-refractivity contribution in [3.63, 3.8) is 0 Å². The predicted octanol–water partition coefficient (Wildman–Crippen LogP) is 1.41. The first kappa shape index (κ1) is 13.7. The Hall–Kier alpha value is -0.390. The molecular formula is C9H18NO5P. The molecule has 1 aliphatic heterocycles. The van der Waals surface area contributed by atoms with Crippen molar-refractivity contribution < 1.29 is 23.6 Å². The van der Waals surface area contributed by atoms with Crippen molar-refractivity contribution in [1.82, 2.24) is 4.90 Å². The molecule has 1 heterocycles. The van der Waals surface area contributed by atoms with Crippen molar-refractivity contribution in [3.05, 3.63) is 11.8 Å². The summed E-state index contributed by atoms with van der Waals surface area (Å²) < 4.78 is 20.5. The predicted molar refractivity (Wildman–Crippen MR) is 58.2 cm³/mol. The van der Waals surface area contributed by atoms with Crippen molar-refractivity contribution in [2.45, 2.75) is 39.2 Å². The smallest absolute Gasteiger partial charge is 0.355 e. The van der Waals surface area contributed by atoms with Gasteiger partial charge in [-0.25, -0.2) is 4.57 Å². The fourth-order valence-electron chi connectivity index (χ4n) is 1.61. The van der Waals surface area contributed by atoms with Gasteiger partial charge in [0.05, 0.1) is 0 Å². The monoisotopic (exact) mass is 251 g/mol. The van der Waals surface area contributed by atoms with E-state index in [2.05, 4.69) is 4.52 Å². The number of rotatable bonds is 4. The summed E-state index contributed by atoms with van der Waals surface area (Å²) >= 11 is 0. The minimum atomic E-state index is -4.46. The van der Waals surface area contributed by atoms with Crippen LogP contribution in [0.2, 0.25) is 0 Å². The third-order valence-corrected chi connectivity index (χ3v) is 2.64. The van der Waals surface area contributed by atoms with E-state index in [0.717, 1.165) is 5.57 Å². The van der Waals surface area contributed by atoms with Crippen molar-refractivity contribution in [2.75, 3.05) is 7.05 Å². The molecule has 94 valence electrons. The van der Waals surface area contributed by atoms with Crippen LogP contribution in [0.4, 0.5) is 0 Å². The molecule has 0 amide bonds. The zero-order chi connectivity index (χ0) is 12.3. The Morgan fingerprint density at radius 3 is 2.62 bits per heavy atom. The van der Waals surface area contributed by atoms with Gasteiger partial charge in [0.1, 0.15) is 6.23 Å². The lowest BCUT2D eigenvalue weighted by atomic mass is 10.3. The highest BCUT2D eigenvalue weighted by atomic mass is 31.2. The van der Waals surface area contributed by atoms with Crippen LogP contribution in [0.3, 0.4) is 0 Å². The van der Waals surface area contributed by atoms with Gasteiger partial charge in [-0.15, -0.1) is 0 Å². The summed E-state index contributed by atoms with van der Waals surface area (Å²) in [6.45, 7) is 3.93. The van der Waals surface area contributed by atoms with E-state index in [4.69, 9.17) is 14.5 Å². The van der Waals surface area contributed by atoms with Gasteiger partial charge in [-0.1, -0.05) is 5.57 Å². The molecule has 0 radical (unpaired) electrons. The van der Waals surface area contributed by atoms with E-state index in [1.165, 1.54) is 0 Å². The van der Waals surface area contributed by atoms with Crippen molar-refractivity contribution in [2.24, 2.45) is 0 Å². The molecule has 1 rings (SSSR count). The van der Waals surface area contributed by atoms with Gasteiger partial charge in [-0.2, -0.15) is 0 Å². The van der Waals surface area contributed by atoms with Crippen molar-refractivity contribution >= 4 is 7.82 Å². The lowest BCUT2D eigenvalue weighted by Crippen LogP contribution is -2.27. The van der Waals surface area contributed by atoms with Crippen LogP contribution in [0.5, 0.6) is 0 Å². The molecule has 1 fully saturated rings. The van der Waals surface area contributed by atoms with Gasteiger partial charge in [0.25, 0.3) is 0 Å². The first-order chi connectivity index (χ1) is 7.28. The van der Waals surface area contributed by atoms with Crippen LogP contribution < -0.4 is 0 Å². The first-order valence-corrected chi connectivity index (χ1v) is 6.57. The number of hydrogen-bond donors (Lipinski definition) is 2. The summed E-state index contributed by atoms with van der Waals surface area (Å²) in [6, 6.07) is 0. The molecule has 1 aliphatic rings. The first-order valence-electron chi connectivity index (χ1n) is 5.04. The molecule has 0 saturated carbocycles. The van der Waals surface area contributed by atoms with Gasteiger partial charge in [0.15, 0.2) is 6.29 Å². The molecule has 0 aromatic rings. The SMILES string of the molecule is CC(C)=CN(C)C1CCC(OP(=O)(O)O)O1. The van der Waals surface area contributed by atoms with E-state index in [9.17, 15) is 4.57 Å². The number of hydrogen-bond acceptors (Lipinski definition) is 4. The fraction of sp³-hybridized carbons (Fsp3) is 0.778. The number of phosphoric ester groups is 1. The minimum absolute atomic E-state index is 0.188. The van der Waals surface area contributed by atoms with Crippen LogP contribution >= 0.6 is 7.82 Å². The highest BCUT2D eigenvalue weighted by Gasteiger charge is 2.32. The average Bonchev–Trinajstić information content (AvgIpc) is 2.48. The summed E-state index contributed by atoms with van der Waals surface area (Å²) in [4.78, 5) is 19.1. The fourth-order valence-corrected chi connectivity index (χ4v) is 2.07. The van der Waals surface area contributed by atoms with E-state index in [0.29, 0.717) is 12.8 Å². The molecule has 0 aromatic carbocycles.